The quantitative estimate of drug-likeness (QED) is 0.295. The third-order valence-electron chi connectivity index (χ3n) is 5.78. The van der Waals surface area contributed by atoms with Crippen molar-refractivity contribution < 1.29 is 31.9 Å². The molecule has 5 nitrogen and oxygen atoms in total. The lowest BCUT2D eigenvalue weighted by Crippen LogP contribution is -2.22. The van der Waals surface area contributed by atoms with Gasteiger partial charge in [-0.2, -0.15) is 0 Å². The van der Waals surface area contributed by atoms with Gasteiger partial charge in [0.15, 0.2) is 29.1 Å². The zero-order valence-corrected chi connectivity index (χ0v) is 19.0. The maximum absolute atomic E-state index is 14.0. The minimum Gasteiger partial charge on any atom is -0.392 e. The van der Waals surface area contributed by atoms with Crippen LogP contribution in [0.3, 0.4) is 0 Å². The van der Waals surface area contributed by atoms with Crippen molar-refractivity contribution in [2.45, 2.75) is 46.1 Å². The van der Waals surface area contributed by atoms with Gasteiger partial charge in [0.05, 0.1) is 30.1 Å². The van der Waals surface area contributed by atoms with Gasteiger partial charge in [0.2, 0.25) is 11.7 Å². The van der Waals surface area contributed by atoms with Crippen LogP contribution in [-0.4, -0.2) is 21.0 Å². The molecule has 1 aromatic heterocycles. The number of carbonyl (C=O) groups is 1. The number of aromatic nitrogens is 2. The van der Waals surface area contributed by atoms with Crippen LogP contribution in [0.15, 0.2) is 18.2 Å². The molecule has 1 aliphatic carbocycles. The Kier molecular flexibility index (Phi) is 6.84. The van der Waals surface area contributed by atoms with E-state index in [1.165, 1.54) is 0 Å². The van der Waals surface area contributed by atoms with Crippen LogP contribution in [0, 0.1) is 35.0 Å². The van der Waals surface area contributed by atoms with E-state index in [0.29, 0.717) is 36.3 Å². The van der Waals surface area contributed by atoms with Gasteiger partial charge < -0.3 is 10.4 Å². The number of fused-ring (bicyclic) bond motifs is 3. The Morgan fingerprint density at radius 2 is 1.66 bits per heavy atom. The van der Waals surface area contributed by atoms with E-state index in [-0.39, 0.29) is 18.3 Å². The van der Waals surface area contributed by atoms with E-state index in [2.05, 4.69) is 10.3 Å². The third-order valence-corrected chi connectivity index (χ3v) is 5.78. The van der Waals surface area contributed by atoms with E-state index in [0.717, 1.165) is 16.7 Å². The summed E-state index contributed by atoms with van der Waals surface area (Å²) in [7, 11) is 0. The standard InChI is InChI=1S/C25H22F5N3O2/c1-11(2)7-17-25(33-18(35)9-15-19(26)21(28)23(30)22(29)20(15)27)32-16-6-4-13-8-12(10-34)3-5-14(13)24(16)31-17/h3,5,8,11,34H,4,6-7,9-10H2,1-2H3,(H,32,33,35). The SMILES string of the molecule is CC(C)Cc1nc2c(nc1NC(=O)Cc1c(F)c(F)c(F)c(F)c1F)CCc1cc(CO)ccc1-2. The number of rotatable bonds is 6. The highest BCUT2D eigenvalue weighted by Gasteiger charge is 2.28. The predicted molar refractivity (Wildman–Crippen MR) is 118 cm³/mol. The molecular weight excluding hydrogens is 469 g/mol. The number of nitrogens with zero attached hydrogens (tertiary/aromatic N) is 2. The summed E-state index contributed by atoms with van der Waals surface area (Å²) in [5.74, 6) is -11.4. The first-order valence-corrected chi connectivity index (χ1v) is 11.0. The molecule has 0 atom stereocenters. The second-order valence-electron chi connectivity index (χ2n) is 8.84. The summed E-state index contributed by atoms with van der Waals surface area (Å²) >= 11 is 0. The van der Waals surface area contributed by atoms with Crippen molar-refractivity contribution in [2.75, 3.05) is 5.32 Å². The van der Waals surface area contributed by atoms with Crippen molar-refractivity contribution >= 4 is 11.7 Å². The Labute approximate surface area is 198 Å². The highest BCUT2D eigenvalue weighted by Crippen LogP contribution is 2.34. The molecule has 35 heavy (non-hydrogen) atoms. The summed E-state index contributed by atoms with van der Waals surface area (Å²) in [4.78, 5) is 21.9. The number of nitrogens with one attached hydrogen (secondary N) is 1. The van der Waals surface area contributed by atoms with Gasteiger partial charge in [0.1, 0.15) is 0 Å². The van der Waals surface area contributed by atoms with E-state index in [9.17, 15) is 31.9 Å². The molecule has 0 saturated heterocycles. The molecule has 4 rings (SSSR count). The first kappa shape index (κ1) is 24.7. The molecule has 0 aliphatic heterocycles. The molecule has 184 valence electrons. The number of hydrogen-bond acceptors (Lipinski definition) is 4. The maximum Gasteiger partial charge on any atom is 0.230 e. The molecule has 0 fully saturated rings. The molecule has 1 aliphatic rings. The van der Waals surface area contributed by atoms with Crippen LogP contribution in [0.5, 0.6) is 0 Å². The van der Waals surface area contributed by atoms with Gasteiger partial charge in [-0.15, -0.1) is 0 Å². The highest BCUT2D eigenvalue weighted by molar-refractivity contribution is 5.92. The molecule has 0 radical (unpaired) electrons. The van der Waals surface area contributed by atoms with Gasteiger partial charge >= 0.3 is 0 Å². The average Bonchev–Trinajstić information content (AvgIpc) is 2.83. The van der Waals surface area contributed by atoms with Crippen molar-refractivity contribution in [3.63, 3.8) is 0 Å². The Balaban J connectivity index is 1.68. The number of carbonyl (C=O) groups excluding carboxylic acids is 1. The van der Waals surface area contributed by atoms with Crippen molar-refractivity contribution in [1.29, 1.82) is 0 Å². The number of anilines is 1. The third kappa shape index (κ3) is 4.75. The Bertz CT molecular complexity index is 1300. The number of hydrogen-bond donors (Lipinski definition) is 2. The summed E-state index contributed by atoms with van der Waals surface area (Å²) in [5.41, 5.74) is 3.11. The average molecular weight is 491 g/mol. The van der Waals surface area contributed by atoms with Gasteiger partial charge in [-0.25, -0.2) is 31.9 Å². The predicted octanol–water partition coefficient (Wildman–Crippen LogP) is 4.81. The fourth-order valence-electron chi connectivity index (χ4n) is 4.10. The summed E-state index contributed by atoms with van der Waals surface area (Å²) in [6, 6.07) is 5.55. The normalized spacial score (nSPS) is 12.5. The van der Waals surface area contributed by atoms with Crippen LogP contribution in [0.1, 0.15) is 41.9 Å². The number of aryl methyl sites for hydroxylation is 2. The minimum atomic E-state index is -2.28. The molecule has 1 amide bonds. The van der Waals surface area contributed by atoms with Crippen LogP contribution in [0.4, 0.5) is 27.8 Å². The van der Waals surface area contributed by atoms with Gasteiger partial charge in [-0.3, -0.25) is 4.79 Å². The molecule has 1 heterocycles. The fourth-order valence-corrected chi connectivity index (χ4v) is 4.10. The van der Waals surface area contributed by atoms with E-state index in [4.69, 9.17) is 4.98 Å². The number of amides is 1. The summed E-state index contributed by atoms with van der Waals surface area (Å²) in [6.45, 7) is 3.78. The van der Waals surface area contributed by atoms with Crippen molar-refractivity contribution in [3.05, 3.63) is 75.4 Å². The number of aliphatic hydroxyl groups is 1. The Morgan fingerprint density at radius 3 is 2.29 bits per heavy atom. The first-order valence-electron chi connectivity index (χ1n) is 11.0. The molecule has 0 saturated carbocycles. The largest absolute Gasteiger partial charge is 0.392 e. The van der Waals surface area contributed by atoms with Crippen molar-refractivity contribution in [3.8, 4) is 11.3 Å². The molecule has 10 heteroatoms. The van der Waals surface area contributed by atoms with Gasteiger partial charge in [-0.1, -0.05) is 32.0 Å². The fraction of sp³-hybridized carbons (Fsp3) is 0.320. The molecule has 2 aromatic carbocycles. The van der Waals surface area contributed by atoms with E-state index in [1.807, 2.05) is 26.0 Å². The molecule has 0 bridgehead atoms. The molecule has 3 aromatic rings. The van der Waals surface area contributed by atoms with Gasteiger partial charge in [-0.05, 0) is 36.3 Å². The molecular formula is C25H22F5N3O2. The van der Waals surface area contributed by atoms with Crippen LogP contribution in [0.2, 0.25) is 0 Å². The summed E-state index contributed by atoms with van der Waals surface area (Å²) in [5, 5.41) is 11.9. The van der Waals surface area contributed by atoms with E-state index < -0.39 is 47.0 Å². The lowest BCUT2D eigenvalue weighted by atomic mass is 9.90. The summed E-state index contributed by atoms with van der Waals surface area (Å²) < 4.78 is 68.4. The zero-order valence-electron chi connectivity index (χ0n) is 19.0. The van der Waals surface area contributed by atoms with Crippen LogP contribution in [0.25, 0.3) is 11.3 Å². The highest BCUT2D eigenvalue weighted by atomic mass is 19.2. The van der Waals surface area contributed by atoms with Crippen LogP contribution in [-0.2, 0) is 37.1 Å². The zero-order chi connectivity index (χ0) is 25.4. The van der Waals surface area contributed by atoms with Crippen molar-refractivity contribution in [1.82, 2.24) is 9.97 Å². The second-order valence-corrected chi connectivity index (χ2v) is 8.84. The smallest absolute Gasteiger partial charge is 0.230 e. The van der Waals surface area contributed by atoms with Crippen LogP contribution >= 0.6 is 0 Å². The first-order chi connectivity index (χ1) is 16.6. The maximum atomic E-state index is 14.0. The second kappa shape index (κ2) is 9.69. The van der Waals surface area contributed by atoms with Crippen LogP contribution < -0.4 is 5.32 Å². The topological polar surface area (TPSA) is 75.1 Å². The molecule has 0 spiro atoms. The summed E-state index contributed by atoms with van der Waals surface area (Å²) in [6.07, 6.45) is 0.486. The Morgan fingerprint density at radius 1 is 1.00 bits per heavy atom. The number of halogens is 5. The monoisotopic (exact) mass is 491 g/mol. The van der Waals surface area contributed by atoms with Crippen molar-refractivity contribution in [2.24, 2.45) is 5.92 Å². The molecule has 2 N–H and O–H groups in total. The van der Waals surface area contributed by atoms with E-state index in [1.54, 1.807) is 6.07 Å². The number of benzene rings is 2. The van der Waals surface area contributed by atoms with E-state index >= 15 is 0 Å². The Hall–Kier alpha value is -3.40. The molecule has 0 unspecified atom stereocenters. The minimum absolute atomic E-state index is 0.0849. The van der Waals surface area contributed by atoms with Gasteiger partial charge in [0.25, 0.3) is 0 Å². The lowest BCUT2D eigenvalue weighted by molar-refractivity contribution is -0.115. The van der Waals surface area contributed by atoms with Gasteiger partial charge in [0, 0.05) is 11.1 Å². The number of aliphatic hydroxyl groups excluding tert-OH is 1. The lowest BCUT2D eigenvalue weighted by Gasteiger charge is -2.22.